The van der Waals surface area contributed by atoms with Gasteiger partial charge in [-0.2, -0.15) is 0 Å². The van der Waals surface area contributed by atoms with Crippen LogP contribution in [0.2, 0.25) is 5.02 Å². The molecule has 0 saturated heterocycles. The molecule has 1 spiro atoms. The van der Waals surface area contributed by atoms with E-state index in [-0.39, 0.29) is 22.7 Å². The predicted octanol–water partition coefficient (Wildman–Crippen LogP) is 7.72. The molecule has 148 valence electrons. The van der Waals surface area contributed by atoms with Gasteiger partial charge < -0.3 is 0 Å². The van der Waals surface area contributed by atoms with Gasteiger partial charge in [0, 0.05) is 27.3 Å². The molecular weight excluding hydrogens is 407 g/mol. The molecular formula is C28H22Cl2. The van der Waals surface area contributed by atoms with Gasteiger partial charge in [-0.05, 0) is 51.6 Å². The molecule has 30 heavy (non-hydrogen) atoms. The van der Waals surface area contributed by atoms with E-state index in [1.807, 2.05) is 12.1 Å². The molecule has 2 atom stereocenters. The molecule has 0 heterocycles. The predicted molar refractivity (Wildman–Crippen MR) is 126 cm³/mol. The summed E-state index contributed by atoms with van der Waals surface area (Å²) in [7, 11) is 0. The van der Waals surface area contributed by atoms with Gasteiger partial charge >= 0.3 is 0 Å². The smallest absolute Gasteiger partial charge is 0.0532 e. The van der Waals surface area contributed by atoms with Crippen molar-refractivity contribution in [3.05, 3.63) is 128 Å². The summed E-state index contributed by atoms with van der Waals surface area (Å²) in [6.45, 7) is 4.68. The van der Waals surface area contributed by atoms with Crippen molar-refractivity contribution in [1.82, 2.24) is 0 Å². The van der Waals surface area contributed by atoms with Crippen molar-refractivity contribution in [3.8, 4) is 0 Å². The SMILES string of the molecule is CC1(C)c2ccccc2C2(c3cc(Cl)ccc3C3C=CC(Cl)=CC32)c2ccccc21. The van der Waals surface area contributed by atoms with Crippen molar-refractivity contribution in [2.75, 3.05) is 0 Å². The second kappa shape index (κ2) is 6.13. The van der Waals surface area contributed by atoms with E-state index in [1.54, 1.807) is 0 Å². The van der Waals surface area contributed by atoms with Gasteiger partial charge in [0.1, 0.15) is 0 Å². The number of benzene rings is 3. The molecule has 0 amide bonds. The molecule has 3 aromatic carbocycles. The molecule has 0 radical (unpaired) electrons. The fourth-order valence-corrected chi connectivity index (χ4v) is 6.74. The maximum atomic E-state index is 6.62. The zero-order chi connectivity index (χ0) is 20.7. The van der Waals surface area contributed by atoms with Crippen molar-refractivity contribution in [2.45, 2.75) is 30.6 Å². The minimum atomic E-state index is -0.307. The van der Waals surface area contributed by atoms with Gasteiger partial charge in [-0.3, -0.25) is 0 Å². The molecule has 3 aromatic rings. The highest BCUT2D eigenvalue weighted by Crippen LogP contribution is 2.64. The number of hydrogen-bond acceptors (Lipinski definition) is 0. The van der Waals surface area contributed by atoms with E-state index in [0.29, 0.717) is 0 Å². The van der Waals surface area contributed by atoms with E-state index in [0.717, 1.165) is 10.1 Å². The lowest BCUT2D eigenvalue weighted by Crippen LogP contribution is -2.44. The second-order valence-corrected chi connectivity index (χ2v) is 10.1. The Bertz CT molecular complexity index is 1210. The summed E-state index contributed by atoms with van der Waals surface area (Å²) in [5.74, 6) is 0.490. The highest BCUT2D eigenvalue weighted by molar-refractivity contribution is 6.31. The maximum Gasteiger partial charge on any atom is 0.0532 e. The molecule has 2 heteroatoms. The zero-order valence-corrected chi connectivity index (χ0v) is 18.5. The van der Waals surface area contributed by atoms with Crippen LogP contribution in [0.25, 0.3) is 0 Å². The fourth-order valence-electron chi connectivity index (χ4n) is 6.36. The molecule has 0 bridgehead atoms. The van der Waals surface area contributed by atoms with Gasteiger partial charge in [0.05, 0.1) is 5.41 Å². The van der Waals surface area contributed by atoms with Crippen LogP contribution in [0.3, 0.4) is 0 Å². The maximum absolute atomic E-state index is 6.62. The molecule has 0 saturated carbocycles. The van der Waals surface area contributed by atoms with Crippen molar-refractivity contribution in [3.63, 3.8) is 0 Å². The van der Waals surface area contributed by atoms with Crippen LogP contribution in [0.15, 0.2) is 90.0 Å². The topological polar surface area (TPSA) is 0 Å². The minimum absolute atomic E-state index is 0.0761. The van der Waals surface area contributed by atoms with E-state index in [4.69, 9.17) is 23.2 Å². The van der Waals surface area contributed by atoms with Gasteiger partial charge in [-0.25, -0.2) is 0 Å². The third kappa shape index (κ3) is 2.14. The molecule has 2 unspecified atom stereocenters. The Balaban J connectivity index is 1.83. The van der Waals surface area contributed by atoms with Crippen LogP contribution in [0.4, 0.5) is 0 Å². The number of hydrogen-bond donors (Lipinski definition) is 0. The molecule has 6 rings (SSSR count). The molecule has 0 fully saturated rings. The van der Waals surface area contributed by atoms with Crippen LogP contribution in [0, 0.1) is 5.92 Å². The largest absolute Gasteiger partial charge is 0.0847 e. The van der Waals surface area contributed by atoms with Gasteiger partial charge in [0.15, 0.2) is 0 Å². The lowest BCUT2D eigenvalue weighted by molar-refractivity contribution is 0.420. The van der Waals surface area contributed by atoms with Crippen LogP contribution in [-0.2, 0) is 10.8 Å². The Morgan fingerprint density at radius 1 is 0.733 bits per heavy atom. The Morgan fingerprint density at radius 3 is 1.97 bits per heavy atom. The van der Waals surface area contributed by atoms with E-state index in [1.165, 1.54) is 33.4 Å². The standard InChI is InChI=1S/C28H22Cl2/c1-27(2)21-7-3-5-9-23(21)28(24-10-6-4-8-22(24)27)25-15-17(29)11-13-19(25)20-14-12-18(30)16-26(20)28/h3-16,19,25H,1-2H3. The highest BCUT2D eigenvalue weighted by atomic mass is 35.5. The van der Waals surface area contributed by atoms with Gasteiger partial charge in [0.2, 0.25) is 0 Å². The normalized spacial score (nSPS) is 23.9. The van der Waals surface area contributed by atoms with Crippen LogP contribution < -0.4 is 0 Å². The average molecular weight is 429 g/mol. The van der Waals surface area contributed by atoms with E-state index >= 15 is 0 Å². The lowest BCUT2D eigenvalue weighted by atomic mass is 9.53. The molecule has 0 aliphatic heterocycles. The first kappa shape index (κ1) is 18.5. The Morgan fingerprint density at radius 2 is 1.33 bits per heavy atom. The number of rotatable bonds is 0. The summed E-state index contributed by atoms with van der Waals surface area (Å²) < 4.78 is 0. The highest BCUT2D eigenvalue weighted by Gasteiger charge is 2.58. The summed E-state index contributed by atoms with van der Waals surface area (Å²) in [6.07, 6.45) is 6.59. The third-order valence-electron chi connectivity index (χ3n) is 7.54. The van der Waals surface area contributed by atoms with E-state index in [9.17, 15) is 0 Å². The molecule has 3 aliphatic rings. The first-order valence-corrected chi connectivity index (χ1v) is 11.3. The van der Waals surface area contributed by atoms with Crippen LogP contribution in [0.5, 0.6) is 0 Å². The summed E-state index contributed by atoms with van der Waals surface area (Å²) >= 11 is 13.2. The quantitative estimate of drug-likeness (QED) is 0.343. The van der Waals surface area contributed by atoms with E-state index < -0.39 is 0 Å². The van der Waals surface area contributed by atoms with Gasteiger partial charge in [0.25, 0.3) is 0 Å². The molecule has 0 nitrogen and oxygen atoms in total. The van der Waals surface area contributed by atoms with Gasteiger partial charge in [-0.15, -0.1) is 0 Å². The summed E-state index contributed by atoms with van der Waals surface area (Å²) in [5, 5.41) is 1.60. The Labute approximate surface area is 187 Å². The van der Waals surface area contributed by atoms with Gasteiger partial charge in [-0.1, -0.05) is 104 Å². The number of halogens is 2. The molecule has 0 aromatic heterocycles. The van der Waals surface area contributed by atoms with E-state index in [2.05, 4.69) is 86.7 Å². The monoisotopic (exact) mass is 428 g/mol. The molecule has 3 aliphatic carbocycles. The third-order valence-corrected chi connectivity index (χ3v) is 8.03. The van der Waals surface area contributed by atoms with Crippen molar-refractivity contribution < 1.29 is 0 Å². The number of allylic oxidation sites excluding steroid dienone is 4. The van der Waals surface area contributed by atoms with Crippen LogP contribution in [-0.4, -0.2) is 0 Å². The average Bonchev–Trinajstić information content (AvgIpc) is 3.02. The van der Waals surface area contributed by atoms with Crippen molar-refractivity contribution in [1.29, 1.82) is 0 Å². The Kier molecular flexibility index (Phi) is 3.77. The lowest BCUT2D eigenvalue weighted by Gasteiger charge is -2.49. The van der Waals surface area contributed by atoms with Crippen molar-refractivity contribution >= 4 is 23.2 Å². The van der Waals surface area contributed by atoms with Crippen LogP contribution in [0.1, 0.15) is 53.1 Å². The minimum Gasteiger partial charge on any atom is -0.0847 e. The number of fused-ring (bicyclic) bond motifs is 9. The Hall–Kier alpha value is -2.28. The van der Waals surface area contributed by atoms with Crippen LogP contribution >= 0.6 is 23.2 Å². The first-order chi connectivity index (χ1) is 14.5. The van der Waals surface area contributed by atoms with Crippen molar-refractivity contribution in [2.24, 2.45) is 5.92 Å². The summed E-state index contributed by atoms with van der Waals surface area (Å²) in [4.78, 5) is 0. The summed E-state index contributed by atoms with van der Waals surface area (Å²) in [6, 6.07) is 24.3. The summed E-state index contributed by atoms with van der Waals surface area (Å²) in [5.41, 5.74) is 7.80. The second-order valence-electron chi connectivity index (χ2n) is 9.22. The first-order valence-electron chi connectivity index (χ1n) is 10.5. The fraction of sp³-hybridized carbons (Fsp3) is 0.214. The molecule has 0 N–H and O–H groups in total. The zero-order valence-electron chi connectivity index (χ0n) is 17.0.